The van der Waals surface area contributed by atoms with E-state index < -0.39 is 17.7 Å². The summed E-state index contributed by atoms with van der Waals surface area (Å²) in [6.07, 6.45) is -0.00610. The van der Waals surface area contributed by atoms with E-state index >= 15 is 0 Å². The number of methoxy groups -OCH3 is 3. The SMILES string of the molecule is COc1ccc(C(Cc2ccccc2F)C(=O)O)c(OC)c1OC. The number of carboxylic acids is 1. The van der Waals surface area contributed by atoms with Gasteiger partial charge in [-0.25, -0.2) is 4.39 Å². The van der Waals surface area contributed by atoms with Gasteiger partial charge < -0.3 is 19.3 Å². The molecule has 0 radical (unpaired) electrons. The lowest BCUT2D eigenvalue weighted by Crippen LogP contribution is -2.16. The first-order valence-corrected chi connectivity index (χ1v) is 7.28. The lowest BCUT2D eigenvalue weighted by Gasteiger charge is -2.20. The number of benzene rings is 2. The van der Waals surface area contributed by atoms with Gasteiger partial charge in [0.15, 0.2) is 11.5 Å². The zero-order valence-electron chi connectivity index (χ0n) is 13.7. The van der Waals surface area contributed by atoms with Gasteiger partial charge in [-0.1, -0.05) is 24.3 Å². The van der Waals surface area contributed by atoms with E-state index in [1.165, 1.54) is 27.4 Å². The van der Waals surface area contributed by atoms with Gasteiger partial charge >= 0.3 is 5.97 Å². The van der Waals surface area contributed by atoms with Crippen molar-refractivity contribution in [2.45, 2.75) is 12.3 Å². The minimum absolute atomic E-state index is 0.00610. The lowest BCUT2D eigenvalue weighted by atomic mass is 9.90. The van der Waals surface area contributed by atoms with Gasteiger partial charge in [-0.15, -0.1) is 0 Å². The maximum atomic E-state index is 13.9. The van der Waals surface area contributed by atoms with Crippen LogP contribution in [0.1, 0.15) is 17.0 Å². The third-order valence-electron chi connectivity index (χ3n) is 3.79. The molecule has 0 bridgehead atoms. The van der Waals surface area contributed by atoms with E-state index in [1.807, 2.05) is 0 Å². The van der Waals surface area contributed by atoms with Crippen LogP contribution in [0.15, 0.2) is 36.4 Å². The van der Waals surface area contributed by atoms with E-state index in [0.717, 1.165) is 0 Å². The van der Waals surface area contributed by atoms with Crippen molar-refractivity contribution >= 4 is 5.97 Å². The molecule has 0 aliphatic rings. The largest absolute Gasteiger partial charge is 0.493 e. The predicted octanol–water partition coefficient (Wildman–Crippen LogP) is 3.26. The average Bonchev–Trinajstić information content (AvgIpc) is 2.59. The Balaban J connectivity index is 2.52. The maximum absolute atomic E-state index is 13.9. The fourth-order valence-electron chi connectivity index (χ4n) is 2.61. The molecule has 0 aliphatic heterocycles. The highest BCUT2D eigenvalue weighted by molar-refractivity contribution is 5.79. The molecule has 1 atom stereocenters. The Morgan fingerprint density at radius 3 is 2.25 bits per heavy atom. The molecule has 24 heavy (non-hydrogen) atoms. The number of rotatable bonds is 7. The van der Waals surface area contributed by atoms with Crippen LogP contribution in [0.2, 0.25) is 0 Å². The molecule has 0 fully saturated rings. The fraction of sp³-hybridized carbons (Fsp3) is 0.278. The summed E-state index contributed by atoms with van der Waals surface area (Å²) in [5, 5.41) is 9.64. The van der Waals surface area contributed by atoms with Crippen molar-refractivity contribution < 1.29 is 28.5 Å². The molecule has 5 nitrogen and oxygen atoms in total. The maximum Gasteiger partial charge on any atom is 0.311 e. The molecule has 1 unspecified atom stereocenters. The first-order chi connectivity index (χ1) is 11.5. The van der Waals surface area contributed by atoms with Crippen LogP contribution in [0.3, 0.4) is 0 Å². The molecule has 2 rings (SSSR count). The summed E-state index contributed by atoms with van der Waals surface area (Å²) in [7, 11) is 4.34. The van der Waals surface area contributed by atoms with E-state index in [0.29, 0.717) is 22.6 Å². The summed E-state index contributed by atoms with van der Waals surface area (Å²) < 4.78 is 29.7. The number of aliphatic carboxylic acids is 1. The number of hydrogen-bond donors (Lipinski definition) is 1. The fourth-order valence-corrected chi connectivity index (χ4v) is 2.61. The van der Waals surface area contributed by atoms with Crippen LogP contribution >= 0.6 is 0 Å². The van der Waals surface area contributed by atoms with Gasteiger partial charge in [0, 0.05) is 5.56 Å². The molecule has 6 heteroatoms. The van der Waals surface area contributed by atoms with Crippen molar-refractivity contribution in [1.29, 1.82) is 0 Å². The van der Waals surface area contributed by atoms with Gasteiger partial charge in [0.1, 0.15) is 5.82 Å². The second-order valence-corrected chi connectivity index (χ2v) is 5.11. The van der Waals surface area contributed by atoms with Crippen LogP contribution in [0.4, 0.5) is 4.39 Å². The molecule has 0 aliphatic carbocycles. The van der Waals surface area contributed by atoms with Crippen LogP contribution < -0.4 is 14.2 Å². The van der Waals surface area contributed by atoms with E-state index in [4.69, 9.17) is 14.2 Å². The van der Waals surface area contributed by atoms with E-state index in [2.05, 4.69) is 0 Å². The molecule has 0 spiro atoms. The Morgan fingerprint density at radius 1 is 1.04 bits per heavy atom. The van der Waals surface area contributed by atoms with Crippen LogP contribution in [0.25, 0.3) is 0 Å². The van der Waals surface area contributed by atoms with Crippen LogP contribution in [0, 0.1) is 5.82 Å². The molecule has 2 aromatic carbocycles. The van der Waals surface area contributed by atoms with Crippen LogP contribution in [-0.4, -0.2) is 32.4 Å². The molecular weight excluding hydrogens is 315 g/mol. The summed E-state index contributed by atoms with van der Waals surface area (Å²) in [4.78, 5) is 11.8. The zero-order chi connectivity index (χ0) is 17.7. The summed E-state index contributed by atoms with van der Waals surface area (Å²) in [5.74, 6) is -1.52. The van der Waals surface area contributed by atoms with Crippen molar-refractivity contribution in [2.75, 3.05) is 21.3 Å². The smallest absolute Gasteiger partial charge is 0.311 e. The lowest BCUT2D eigenvalue weighted by molar-refractivity contribution is -0.138. The summed E-state index contributed by atoms with van der Waals surface area (Å²) in [5.41, 5.74) is 0.715. The van der Waals surface area contributed by atoms with E-state index in [9.17, 15) is 14.3 Å². The zero-order valence-corrected chi connectivity index (χ0v) is 13.7. The van der Waals surface area contributed by atoms with Crippen molar-refractivity contribution in [3.8, 4) is 17.2 Å². The minimum Gasteiger partial charge on any atom is -0.493 e. The monoisotopic (exact) mass is 334 g/mol. The Morgan fingerprint density at radius 2 is 1.71 bits per heavy atom. The third kappa shape index (κ3) is 3.42. The van der Waals surface area contributed by atoms with Crippen molar-refractivity contribution in [3.63, 3.8) is 0 Å². The highest BCUT2D eigenvalue weighted by Crippen LogP contribution is 2.43. The van der Waals surface area contributed by atoms with Gasteiger partial charge in [0.05, 0.1) is 27.2 Å². The van der Waals surface area contributed by atoms with Crippen LogP contribution in [0.5, 0.6) is 17.2 Å². The van der Waals surface area contributed by atoms with Gasteiger partial charge in [0.25, 0.3) is 0 Å². The first kappa shape index (κ1) is 17.6. The normalized spacial score (nSPS) is 11.7. The number of hydrogen-bond acceptors (Lipinski definition) is 4. The number of ether oxygens (including phenoxy) is 3. The van der Waals surface area contributed by atoms with Crippen molar-refractivity contribution in [1.82, 2.24) is 0 Å². The van der Waals surface area contributed by atoms with Gasteiger partial charge in [-0.3, -0.25) is 4.79 Å². The summed E-state index contributed by atoms with van der Waals surface area (Å²) >= 11 is 0. The second kappa shape index (κ2) is 7.68. The van der Waals surface area contributed by atoms with Gasteiger partial charge in [0.2, 0.25) is 5.75 Å². The van der Waals surface area contributed by atoms with Crippen molar-refractivity contribution in [2.24, 2.45) is 0 Å². The number of carboxylic acid groups (broad SMARTS) is 1. The summed E-state index contributed by atoms with van der Waals surface area (Å²) in [6, 6.07) is 9.31. The minimum atomic E-state index is -1.08. The molecule has 0 heterocycles. The highest BCUT2D eigenvalue weighted by Gasteiger charge is 2.28. The van der Waals surface area contributed by atoms with E-state index in [1.54, 1.807) is 30.3 Å². The molecule has 0 aromatic heterocycles. The number of halogens is 1. The Kier molecular flexibility index (Phi) is 5.63. The topological polar surface area (TPSA) is 65.0 Å². The molecule has 0 amide bonds. The molecule has 0 saturated carbocycles. The first-order valence-electron chi connectivity index (χ1n) is 7.28. The second-order valence-electron chi connectivity index (χ2n) is 5.11. The third-order valence-corrected chi connectivity index (χ3v) is 3.79. The summed E-state index contributed by atoms with van der Waals surface area (Å²) in [6.45, 7) is 0. The Bertz CT molecular complexity index is 729. The standard InChI is InChI=1S/C18H19FO5/c1-22-15-9-8-12(16(23-2)17(15)24-3)13(18(20)21)10-11-6-4-5-7-14(11)19/h4-9,13H,10H2,1-3H3,(H,20,21). The molecule has 0 saturated heterocycles. The Labute approximate surface area is 139 Å². The number of carbonyl (C=O) groups is 1. The van der Waals surface area contributed by atoms with Crippen LogP contribution in [-0.2, 0) is 11.2 Å². The molecule has 1 N–H and O–H groups in total. The van der Waals surface area contributed by atoms with Gasteiger partial charge in [-0.05, 0) is 24.1 Å². The van der Waals surface area contributed by atoms with Crippen molar-refractivity contribution in [3.05, 3.63) is 53.3 Å². The quantitative estimate of drug-likeness (QED) is 0.842. The van der Waals surface area contributed by atoms with Gasteiger partial charge in [-0.2, -0.15) is 0 Å². The average molecular weight is 334 g/mol. The molecule has 128 valence electrons. The molecule has 2 aromatic rings. The highest BCUT2D eigenvalue weighted by atomic mass is 19.1. The predicted molar refractivity (Wildman–Crippen MR) is 86.6 cm³/mol. The molecular formula is C18H19FO5. The Hall–Kier alpha value is -2.76. The van der Waals surface area contributed by atoms with E-state index in [-0.39, 0.29) is 12.2 Å².